The first-order valence-corrected chi connectivity index (χ1v) is 6.88. The third-order valence-corrected chi connectivity index (χ3v) is 3.70. The summed E-state index contributed by atoms with van der Waals surface area (Å²) in [6.45, 7) is 0.682. The number of benzene rings is 1. The van der Waals surface area contributed by atoms with E-state index in [0.717, 1.165) is 13.6 Å². The molecule has 0 atom stereocenters. The van der Waals surface area contributed by atoms with Crippen molar-refractivity contribution >= 4 is 48.1 Å². The van der Waals surface area contributed by atoms with E-state index in [0.29, 0.717) is 6.54 Å². The molecule has 92 valence electrons. The van der Waals surface area contributed by atoms with Gasteiger partial charge >= 0.3 is 5.97 Å². The lowest BCUT2D eigenvalue weighted by Crippen LogP contribution is -2.25. The van der Waals surface area contributed by atoms with Gasteiger partial charge in [-0.2, -0.15) is 0 Å². The molecule has 0 unspecified atom stereocenters. The van der Waals surface area contributed by atoms with Gasteiger partial charge in [0.25, 0.3) is 0 Å². The monoisotopic (exact) mass is 409 g/mol. The third kappa shape index (κ3) is 5.65. The Bertz CT molecular complexity index is 417. The molecule has 0 saturated heterocycles. The Balaban J connectivity index is 2.60. The van der Waals surface area contributed by atoms with Gasteiger partial charge in [-0.05, 0) is 47.3 Å². The molecule has 1 N–H and O–H groups in total. The quantitative estimate of drug-likeness (QED) is 0.759. The molecule has 1 aromatic carbocycles. The molecular weight excluding hydrogens is 397 g/mol. The Hall–Kier alpha value is -0.400. The molecule has 5 heteroatoms. The standard InChI is InChI=1S/C12H13BrINO2/c1-15(8-12(16)17)7-6-11(14)9-2-4-10(13)5-3-9/h2-6H,7-8H2,1H3,(H,16,17)/b11-6-. The van der Waals surface area contributed by atoms with Crippen LogP contribution < -0.4 is 0 Å². The first-order valence-electron chi connectivity index (χ1n) is 5.01. The zero-order valence-electron chi connectivity index (χ0n) is 9.36. The predicted octanol–water partition coefficient (Wildman–Crippen LogP) is 3.24. The molecule has 0 bridgehead atoms. The lowest BCUT2D eigenvalue weighted by molar-refractivity contribution is -0.137. The highest BCUT2D eigenvalue weighted by Gasteiger charge is 2.03. The van der Waals surface area contributed by atoms with Crippen LogP contribution in [0.1, 0.15) is 5.56 Å². The van der Waals surface area contributed by atoms with Crippen molar-refractivity contribution in [1.82, 2.24) is 4.90 Å². The smallest absolute Gasteiger partial charge is 0.317 e. The Labute approximate surface area is 123 Å². The largest absolute Gasteiger partial charge is 0.480 e. The van der Waals surface area contributed by atoms with Crippen LogP contribution in [0.3, 0.4) is 0 Å². The number of likely N-dealkylation sites (N-methyl/N-ethyl adjacent to an activating group) is 1. The number of halogens is 2. The molecule has 0 amide bonds. The Kier molecular flexibility index (Phi) is 6.15. The van der Waals surface area contributed by atoms with E-state index < -0.39 is 5.97 Å². The van der Waals surface area contributed by atoms with Crippen LogP contribution >= 0.6 is 38.5 Å². The van der Waals surface area contributed by atoms with Gasteiger partial charge in [-0.25, -0.2) is 0 Å². The Morgan fingerprint density at radius 3 is 2.59 bits per heavy atom. The number of rotatable bonds is 5. The molecule has 0 heterocycles. The fraction of sp³-hybridized carbons (Fsp3) is 0.250. The zero-order valence-corrected chi connectivity index (χ0v) is 13.1. The van der Waals surface area contributed by atoms with Crippen molar-refractivity contribution in [2.24, 2.45) is 0 Å². The van der Waals surface area contributed by atoms with E-state index in [-0.39, 0.29) is 6.54 Å². The highest BCUT2D eigenvalue weighted by atomic mass is 127. The van der Waals surface area contributed by atoms with Gasteiger partial charge in [0, 0.05) is 14.6 Å². The molecule has 1 aromatic rings. The van der Waals surface area contributed by atoms with Crippen molar-refractivity contribution in [2.75, 3.05) is 20.1 Å². The van der Waals surface area contributed by atoms with Crippen molar-refractivity contribution in [3.8, 4) is 0 Å². The minimum Gasteiger partial charge on any atom is -0.480 e. The molecule has 0 radical (unpaired) electrons. The molecule has 0 saturated carbocycles. The molecule has 0 aliphatic heterocycles. The highest BCUT2D eigenvalue weighted by molar-refractivity contribution is 14.1. The maximum atomic E-state index is 10.5. The summed E-state index contributed by atoms with van der Waals surface area (Å²) in [5.41, 5.74) is 1.14. The van der Waals surface area contributed by atoms with E-state index in [4.69, 9.17) is 5.11 Å². The van der Waals surface area contributed by atoms with E-state index >= 15 is 0 Å². The second-order valence-corrected chi connectivity index (χ2v) is 5.73. The lowest BCUT2D eigenvalue weighted by Gasteiger charge is -2.11. The van der Waals surface area contributed by atoms with Crippen molar-refractivity contribution in [2.45, 2.75) is 0 Å². The van der Waals surface area contributed by atoms with Crippen LogP contribution in [0, 0.1) is 0 Å². The van der Waals surface area contributed by atoms with Crippen LogP contribution in [0.5, 0.6) is 0 Å². The first kappa shape index (κ1) is 14.7. The summed E-state index contributed by atoms with van der Waals surface area (Å²) in [6.07, 6.45) is 2.02. The maximum absolute atomic E-state index is 10.5. The van der Waals surface area contributed by atoms with Gasteiger partial charge in [0.05, 0.1) is 6.54 Å². The van der Waals surface area contributed by atoms with Gasteiger partial charge in [0.15, 0.2) is 0 Å². The van der Waals surface area contributed by atoms with Crippen LogP contribution in [-0.4, -0.2) is 36.1 Å². The van der Waals surface area contributed by atoms with E-state index in [1.807, 2.05) is 30.3 Å². The SMILES string of the molecule is CN(C/C=C(\I)c1ccc(Br)cc1)CC(=O)O. The van der Waals surface area contributed by atoms with Crippen LogP contribution in [0.25, 0.3) is 3.58 Å². The minimum absolute atomic E-state index is 0.0563. The molecule has 3 nitrogen and oxygen atoms in total. The molecule has 0 aromatic heterocycles. The summed E-state index contributed by atoms with van der Waals surface area (Å²) in [4.78, 5) is 12.2. The number of hydrogen-bond acceptors (Lipinski definition) is 2. The molecule has 0 aliphatic carbocycles. The van der Waals surface area contributed by atoms with Gasteiger partial charge in [0.2, 0.25) is 0 Å². The van der Waals surface area contributed by atoms with Crippen molar-refractivity contribution < 1.29 is 9.90 Å². The average Bonchev–Trinajstić information content (AvgIpc) is 2.26. The molecule has 0 spiro atoms. The van der Waals surface area contributed by atoms with E-state index in [1.54, 1.807) is 11.9 Å². The lowest BCUT2D eigenvalue weighted by atomic mass is 10.2. The Morgan fingerprint density at radius 1 is 1.47 bits per heavy atom. The second kappa shape index (κ2) is 7.13. The van der Waals surface area contributed by atoms with Crippen LogP contribution in [0.2, 0.25) is 0 Å². The number of carbonyl (C=O) groups is 1. The number of nitrogens with zero attached hydrogens (tertiary/aromatic N) is 1. The summed E-state index contributed by atoms with van der Waals surface area (Å²) >= 11 is 5.65. The average molecular weight is 410 g/mol. The van der Waals surface area contributed by atoms with E-state index in [2.05, 4.69) is 38.5 Å². The minimum atomic E-state index is -0.806. The number of carboxylic acid groups (broad SMARTS) is 1. The zero-order chi connectivity index (χ0) is 12.8. The van der Waals surface area contributed by atoms with Crippen molar-refractivity contribution in [3.63, 3.8) is 0 Å². The number of hydrogen-bond donors (Lipinski definition) is 1. The molecule has 0 fully saturated rings. The fourth-order valence-corrected chi connectivity index (χ4v) is 2.08. The molecule has 17 heavy (non-hydrogen) atoms. The summed E-state index contributed by atoms with van der Waals surface area (Å²) in [7, 11) is 1.79. The Morgan fingerprint density at radius 2 is 2.06 bits per heavy atom. The van der Waals surface area contributed by atoms with Gasteiger partial charge < -0.3 is 5.11 Å². The third-order valence-electron chi connectivity index (χ3n) is 2.11. The van der Waals surface area contributed by atoms with Gasteiger partial charge in [-0.15, -0.1) is 0 Å². The summed E-state index contributed by atoms with van der Waals surface area (Å²) in [5, 5.41) is 8.63. The highest BCUT2D eigenvalue weighted by Crippen LogP contribution is 2.23. The summed E-state index contributed by atoms with van der Waals surface area (Å²) < 4.78 is 2.17. The normalized spacial score (nSPS) is 11.9. The predicted molar refractivity (Wildman–Crippen MR) is 81.3 cm³/mol. The van der Waals surface area contributed by atoms with E-state index in [9.17, 15) is 4.79 Å². The molecular formula is C12H13BrINO2. The fourth-order valence-electron chi connectivity index (χ4n) is 1.26. The molecule has 0 aliphatic rings. The summed E-state index contributed by atoms with van der Waals surface area (Å²) in [6, 6.07) is 8.03. The maximum Gasteiger partial charge on any atom is 0.317 e. The molecule has 1 rings (SSSR count). The van der Waals surface area contributed by atoms with Gasteiger partial charge in [0.1, 0.15) is 0 Å². The van der Waals surface area contributed by atoms with E-state index in [1.165, 1.54) is 0 Å². The van der Waals surface area contributed by atoms with Crippen LogP contribution in [-0.2, 0) is 4.79 Å². The van der Waals surface area contributed by atoms with Crippen molar-refractivity contribution in [1.29, 1.82) is 0 Å². The first-order chi connectivity index (χ1) is 7.99. The van der Waals surface area contributed by atoms with Gasteiger partial charge in [-0.3, -0.25) is 9.69 Å². The van der Waals surface area contributed by atoms with Crippen molar-refractivity contribution in [3.05, 3.63) is 40.4 Å². The van der Waals surface area contributed by atoms with Gasteiger partial charge in [-0.1, -0.05) is 34.1 Å². The topological polar surface area (TPSA) is 40.5 Å². The second-order valence-electron chi connectivity index (χ2n) is 3.65. The number of aliphatic carboxylic acids is 1. The van der Waals surface area contributed by atoms with Crippen LogP contribution in [0.4, 0.5) is 0 Å². The summed E-state index contributed by atoms with van der Waals surface area (Å²) in [5.74, 6) is -0.806. The number of carboxylic acids is 1. The van der Waals surface area contributed by atoms with Crippen LogP contribution in [0.15, 0.2) is 34.8 Å².